The van der Waals surface area contributed by atoms with E-state index in [1.165, 1.54) is 6.08 Å². The summed E-state index contributed by atoms with van der Waals surface area (Å²) in [6, 6.07) is 10.1. The molecule has 0 saturated carbocycles. The van der Waals surface area contributed by atoms with Crippen LogP contribution in [-0.2, 0) is 30.4 Å². The van der Waals surface area contributed by atoms with Crippen molar-refractivity contribution in [2.45, 2.75) is 45.4 Å². The third kappa shape index (κ3) is 7.23. The fraction of sp³-hybridized carbons (Fsp3) is 0.476. The van der Waals surface area contributed by atoms with Crippen molar-refractivity contribution in [2.75, 3.05) is 19.8 Å². The quantitative estimate of drug-likeness (QED) is 0.578. The first-order chi connectivity index (χ1) is 14.0. The molecule has 0 aliphatic carbocycles. The van der Waals surface area contributed by atoms with Crippen LogP contribution in [0.5, 0.6) is 0 Å². The highest BCUT2D eigenvalue weighted by Crippen LogP contribution is 2.17. The molecule has 2 amide bonds. The summed E-state index contributed by atoms with van der Waals surface area (Å²) >= 11 is 0. The van der Waals surface area contributed by atoms with Crippen molar-refractivity contribution in [3.05, 3.63) is 47.7 Å². The second kappa shape index (κ2) is 11.9. The first-order valence-corrected chi connectivity index (χ1v) is 9.72. The zero-order valence-electron chi connectivity index (χ0n) is 16.8. The number of hydrogen-bond donors (Lipinski definition) is 1. The number of carbonyl (C=O) groups excluding carboxylic acids is 3. The van der Waals surface area contributed by atoms with E-state index in [-0.39, 0.29) is 18.8 Å². The molecular formula is C21H28N2O6. The van der Waals surface area contributed by atoms with Gasteiger partial charge in [-0.25, -0.2) is 9.59 Å². The normalized spacial score (nSPS) is 20.7. The van der Waals surface area contributed by atoms with Crippen molar-refractivity contribution in [1.82, 2.24) is 10.2 Å². The lowest BCUT2D eigenvalue weighted by molar-refractivity contribution is -0.143. The van der Waals surface area contributed by atoms with Gasteiger partial charge in [0.05, 0.1) is 5.70 Å². The monoisotopic (exact) mass is 404 g/mol. The number of carbonyl (C=O) groups is 3. The fourth-order valence-corrected chi connectivity index (χ4v) is 3.06. The Balaban J connectivity index is 0.000000212. The van der Waals surface area contributed by atoms with E-state index in [1.807, 2.05) is 42.2 Å². The highest BCUT2D eigenvalue weighted by molar-refractivity contribution is 5.84. The molecule has 1 fully saturated rings. The van der Waals surface area contributed by atoms with Crippen LogP contribution in [0.15, 0.2) is 42.1 Å². The van der Waals surface area contributed by atoms with Gasteiger partial charge in [-0.1, -0.05) is 30.3 Å². The average Bonchev–Trinajstić information content (AvgIpc) is 3.16. The SMILES string of the molecule is CCO[C@@H]1COC(=O)C=C1NC=O.C[C@@H]1CCCN1C(=O)OCc1ccccc1. The molecule has 8 nitrogen and oxygen atoms in total. The highest BCUT2D eigenvalue weighted by atomic mass is 16.6. The summed E-state index contributed by atoms with van der Waals surface area (Å²) in [5.74, 6) is -0.458. The van der Waals surface area contributed by atoms with Gasteiger partial charge in [0, 0.05) is 25.3 Å². The van der Waals surface area contributed by atoms with Gasteiger partial charge < -0.3 is 24.4 Å². The summed E-state index contributed by atoms with van der Waals surface area (Å²) in [6.07, 6.45) is 3.36. The summed E-state index contributed by atoms with van der Waals surface area (Å²) in [6.45, 7) is 5.74. The minimum absolute atomic E-state index is 0.152. The van der Waals surface area contributed by atoms with Gasteiger partial charge in [0.1, 0.15) is 19.3 Å². The average molecular weight is 404 g/mol. The van der Waals surface area contributed by atoms with Crippen LogP contribution in [0.2, 0.25) is 0 Å². The summed E-state index contributed by atoms with van der Waals surface area (Å²) in [7, 11) is 0. The molecule has 0 aromatic heterocycles. The topological polar surface area (TPSA) is 94.2 Å². The van der Waals surface area contributed by atoms with Crippen molar-refractivity contribution in [2.24, 2.45) is 0 Å². The first kappa shape index (κ1) is 22.4. The molecule has 1 aromatic rings. The number of esters is 1. The molecule has 0 radical (unpaired) electrons. The van der Waals surface area contributed by atoms with E-state index in [9.17, 15) is 14.4 Å². The van der Waals surface area contributed by atoms with Crippen molar-refractivity contribution in [3.8, 4) is 0 Å². The number of nitrogens with one attached hydrogen (secondary N) is 1. The van der Waals surface area contributed by atoms with Gasteiger partial charge in [-0.3, -0.25) is 4.79 Å². The van der Waals surface area contributed by atoms with Crippen LogP contribution >= 0.6 is 0 Å². The molecule has 1 N–H and O–H groups in total. The van der Waals surface area contributed by atoms with Crippen LogP contribution < -0.4 is 5.32 Å². The van der Waals surface area contributed by atoms with E-state index >= 15 is 0 Å². The number of hydrogen-bond acceptors (Lipinski definition) is 6. The second-order valence-electron chi connectivity index (χ2n) is 6.66. The third-order valence-electron chi connectivity index (χ3n) is 4.58. The molecule has 2 atom stereocenters. The smallest absolute Gasteiger partial charge is 0.410 e. The molecule has 0 unspecified atom stereocenters. The van der Waals surface area contributed by atoms with E-state index in [4.69, 9.17) is 14.2 Å². The highest BCUT2D eigenvalue weighted by Gasteiger charge is 2.26. The number of nitrogens with zero attached hydrogens (tertiary/aromatic N) is 1. The molecule has 1 saturated heterocycles. The summed E-state index contributed by atoms with van der Waals surface area (Å²) < 4.78 is 15.2. The van der Waals surface area contributed by atoms with E-state index in [0.29, 0.717) is 31.4 Å². The van der Waals surface area contributed by atoms with Gasteiger partial charge in [0.15, 0.2) is 0 Å². The lowest BCUT2D eigenvalue weighted by Gasteiger charge is -2.22. The van der Waals surface area contributed by atoms with Crippen molar-refractivity contribution in [3.63, 3.8) is 0 Å². The third-order valence-corrected chi connectivity index (χ3v) is 4.58. The molecule has 0 spiro atoms. The van der Waals surface area contributed by atoms with E-state index in [0.717, 1.165) is 24.9 Å². The molecular weight excluding hydrogens is 376 g/mol. The zero-order chi connectivity index (χ0) is 21.1. The molecule has 1 aromatic carbocycles. The lowest BCUT2D eigenvalue weighted by Crippen LogP contribution is -2.35. The fourth-order valence-electron chi connectivity index (χ4n) is 3.06. The predicted molar refractivity (Wildman–Crippen MR) is 106 cm³/mol. The molecule has 2 heterocycles. The second-order valence-corrected chi connectivity index (χ2v) is 6.66. The lowest BCUT2D eigenvalue weighted by atomic mass is 10.2. The summed E-state index contributed by atoms with van der Waals surface area (Å²) in [4.78, 5) is 34.5. The minimum atomic E-state index is -0.458. The van der Waals surface area contributed by atoms with Crippen LogP contribution in [0, 0.1) is 0 Å². The Hall–Kier alpha value is -2.87. The molecule has 2 aliphatic rings. The predicted octanol–water partition coefficient (Wildman–Crippen LogP) is 2.39. The van der Waals surface area contributed by atoms with E-state index in [1.54, 1.807) is 0 Å². The van der Waals surface area contributed by atoms with Crippen LogP contribution in [0.4, 0.5) is 4.79 Å². The van der Waals surface area contributed by atoms with Crippen molar-refractivity contribution >= 4 is 18.5 Å². The molecule has 8 heteroatoms. The number of rotatable bonds is 6. The van der Waals surface area contributed by atoms with Crippen LogP contribution in [0.1, 0.15) is 32.3 Å². The van der Waals surface area contributed by atoms with Crippen LogP contribution in [0.25, 0.3) is 0 Å². The van der Waals surface area contributed by atoms with E-state index < -0.39 is 5.97 Å². The largest absolute Gasteiger partial charge is 0.459 e. The number of amides is 2. The Bertz CT molecular complexity index is 706. The number of cyclic esters (lactones) is 1. The first-order valence-electron chi connectivity index (χ1n) is 9.72. The zero-order valence-corrected chi connectivity index (χ0v) is 16.8. The van der Waals surface area contributed by atoms with Gasteiger partial charge in [0.25, 0.3) is 0 Å². The van der Waals surface area contributed by atoms with E-state index in [2.05, 4.69) is 12.2 Å². The van der Waals surface area contributed by atoms with Gasteiger partial charge in [0.2, 0.25) is 6.41 Å². The Morgan fingerprint density at radius 3 is 2.72 bits per heavy atom. The minimum Gasteiger partial charge on any atom is -0.459 e. The molecule has 29 heavy (non-hydrogen) atoms. The van der Waals surface area contributed by atoms with Crippen molar-refractivity contribution < 1.29 is 28.6 Å². The van der Waals surface area contributed by atoms with Gasteiger partial charge in [-0.05, 0) is 32.3 Å². The summed E-state index contributed by atoms with van der Waals surface area (Å²) in [5.41, 5.74) is 1.48. The molecule has 2 aliphatic heterocycles. The van der Waals surface area contributed by atoms with Crippen molar-refractivity contribution in [1.29, 1.82) is 0 Å². The van der Waals surface area contributed by atoms with Gasteiger partial charge in [-0.15, -0.1) is 0 Å². The maximum absolute atomic E-state index is 11.7. The van der Waals surface area contributed by atoms with Gasteiger partial charge >= 0.3 is 12.1 Å². The standard InChI is InChI=1S/C13H17NO2.C8H11NO4/c1-11-6-5-9-14(11)13(15)16-10-12-7-3-2-4-8-12;1-2-12-7-4-13-8(11)3-6(7)9-5-10/h2-4,7-8,11H,5-6,9-10H2,1H3;3,5,7H,2,4H2,1H3,(H,9,10)/t11-;7-/m11/s1. The van der Waals surface area contributed by atoms with Crippen LogP contribution in [-0.4, -0.2) is 55.3 Å². The molecule has 0 bridgehead atoms. The van der Waals surface area contributed by atoms with Crippen LogP contribution in [0.3, 0.4) is 0 Å². The molecule has 3 rings (SSSR count). The number of likely N-dealkylation sites (tertiary alicyclic amines) is 1. The molecule has 158 valence electrons. The number of ether oxygens (including phenoxy) is 3. The Kier molecular flexibility index (Phi) is 9.17. The maximum Gasteiger partial charge on any atom is 0.410 e. The van der Waals surface area contributed by atoms with Gasteiger partial charge in [-0.2, -0.15) is 0 Å². The maximum atomic E-state index is 11.7. The Labute approximate surface area is 170 Å². The number of benzene rings is 1. The Morgan fingerprint density at radius 2 is 2.10 bits per heavy atom. The Morgan fingerprint density at radius 1 is 1.34 bits per heavy atom. The summed E-state index contributed by atoms with van der Waals surface area (Å²) in [5, 5.41) is 2.40.